The second kappa shape index (κ2) is 9.69. The molecule has 1 atom stereocenters. The van der Waals surface area contributed by atoms with Gasteiger partial charge in [0, 0.05) is 11.4 Å². The fourth-order valence-corrected chi connectivity index (χ4v) is 4.44. The highest BCUT2D eigenvalue weighted by Crippen LogP contribution is 2.39. The quantitative estimate of drug-likeness (QED) is 0.718. The van der Waals surface area contributed by atoms with E-state index in [0.29, 0.717) is 24.5 Å². The van der Waals surface area contributed by atoms with Gasteiger partial charge >= 0.3 is 0 Å². The van der Waals surface area contributed by atoms with E-state index in [4.69, 9.17) is 9.47 Å². The Kier molecular flexibility index (Phi) is 7.04. The lowest BCUT2D eigenvalue weighted by Gasteiger charge is -2.32. The van der Waals surface area contributed by atoms with Gasteiger partial charge in [0.15, 0.2) is 11.5 Å². The third kappa shape index (κ3) is 4.85. The van der Waals surface area contributed by atoms with E-state index in [9.17, 15) is 9.59 Å². The van der Waals surface area contributed by atoms with Gasteiger partial charge in [0.2, 0.25) is 11.8 Å². The maximum atomic E-state index is 12.8. The molecule has 0 spiro atoms. The maximum absolute atomic E-state index is 12.8. The van der Waals surface area contributed by atoms with Gasteiger partial charge < -0.3 is 19.7 Å². The number of nitrogens with zero attached hydrogens (tertiary/aromatic N) is 1. The zero-order chi connectivity index (χ0) is 20.8. The van der Waals surface area contributed by atoms with Crippen LogP contribution in [0, 0.1) is 0 Å². The van der Waals surface area contributed by atoms with Crippen LogP contribution in [0.3, 0.4) is 0 Å². The van der Waals surface area contributed by atoms with E-state index in [1.807, 2.05) is 49.4 Å². The molecule has 1 aliphatic rings. The highest BCUT2D eigenvalue weighted by molar-refractivity contribution is 8.01. The number of anilines is 1. The summed E-state index contributed by atoms with van der Waals surface area (Å²) in [6, 6.07) is 13.4. The monoisotopic (exact) mass is 414 g/mol. The number of rotatable bonds is 8. The van der Waals surface area contributed by atoms with Gasteiger partial charge in [-0.25, -0.2) is 0 Å². The molecule has 0 aromatic heterocycles. The Morgan fingerprint density at radius 1 is 1.14 bits per heavy atom. The molecule has 0 fully saturated rings. The Hall–Kier alpha value is -2.67. The van der Waals surface area contributed by atoms with Crippen LogP contribution >= 0.6 is 11.8 Å². The van der Waals surface area contributed by atoms with E-state index in [2.05, 4.69) is 5.32 Å². The molecule has 0 saturated carbocycles. The van der Waals surface area contributed by atoms with Crippen molar-refractivity contribution in [1.82, 2.24) is 5.32 Å². The van der Waals surface area contributed by atoms with Gasteiger partial charge in [0.05, 0.1) is 25.2 Å². The number of benzene rings is 2. The lowest BCUT2D eigenvalue weighted by Crippen LogP contribution is -2.46. The number of fused-ring (bicyclic) bond motifs is 1. The van der Waals surface area contributed by atoms with Crippen molar-refractivity contribution in [2.45, 2.75) is 29.9 Å². The van der Waals surface area contributed by atoms with Gasteiger partial charge in [-0.05, 0) is 42.7 Å². The van der Waals surface area contributed by atoms with Gasteiger partial charge in [-0.3, -0.25) is 9.59 Å². The van der Waals surface area contributed by atoms with E-state index in [1.165, 1.54) is 0 Å². The molecule has 1 heterocycles. The SMILES string of the molecule is CCC1Sc2ccccc2N(CC(=O)NCCc2ccc(OC)c(OC)c2)C1=O. The van der Waals surface area contributed by atoms with Crippen LogP contribution in [0.4, 0.5) is 5.69 Å². The number of hydrogen-bond acceptors (Lipinski definition) is 5. The van der Waals surface area contributed by atoms with Crippen LogP contribution in [-0.2, 0) is 16.0 Å². The van der Waals surface area contributed by atoms with Crippen molar-refractivity contribution in [2.75, 3.05) is 32.2 Å². The molecule has 1 unspecified atom stereocenters. The minimum atomic E-state index is -0.171. The summed E-state index contributed by atoms with van der Waals surface area (Å²) in [7, 11) is 3.19. The van der Waals surface area contributed by atoms with Gasteiger partial charge in [-0.1, -0.05) is 25.1 Å². The maximum Gasteiger partial charge on any atom is 0.240 e. The predicted molar refractivity (Wildman–Crippen MR) is 115 cm³/mol. The highest BCUT2D eigenvalue weighted by atomic mass is 32.2. The van der Waals surface area contributed by atoms with Crippen LogP contribution in [-0.4, -0.2) is 44.4 Å². The summed E-state index contributed by atoms with van der Waals surface area (Å²) in [5.41, 5.74) is 1.84. The van der Waals surface area contributed by atoms with Crippen LogP contribution in [0.15, 0.2) is 47.4 Å². The molecule has 29 heavy (non-hydrogen) atoms. The Balaban J connectivity index is 1.60. The third-order valence-electron chi connectivity index (χ3n) is 4.82. The number of carbonyl (C=O) groups is 2. The van der Waals surface area contributed by atoms with Gasteiger partial charge in [0.1, 0.15) is 6.54 Å². The van der Waals surface area contributed by atoms with Crippen LogP contribution in [0.2, 0.25) is 0 Å². The Morgan fingerprint density at radius 2 is 1.90 bits per heavy atom. The van der Waals surface area contributed by atoms with Crippen LogP contribution in [0.5, 0.6) is 11.5 Å². The summed E-state index contributed by atoms with van der Waals surface area (Å²) in [5, 5.41) is 2.77. The first-order valence-electron chi connectivity index (χ1n) is 9.62. The minimum absolute atomic E-state index is 0.00811. The molecule has 1 aliphatic heterocycles. The molecule has 154 valence electrons. The number of thioether (sulfide) groups is 1. The number of nitrogens with one attached hydrogen (secondary N) is 1. The molecular formula is C22H26N2O4S. The Bertz CT molecular complexity index is 887. The fourth-order valence-electron chi connectivity index (χ4n) is 3.28. The zero-order valence-electron chi connectivity index (χ0n) is 16.9. The summed E-state index contributed by atoms with van der Waals surface area (Å²) >= 11 is 1.57. The molecule has 3 rings (SSSR count). The smallest absolute Gasteiger partial charge is 0.240 e. The molecule has 0 aliphatic carbocycles. The summed E-state index contributed by atoms with van der Waals surface area (Å²) < 4.78 is 10.6. The number of para-hydroxylation sites is 1. The predicted octanol–water partition coefficient (Wildman–Crippen LogP) is 3.28. The fraction of sp³-hybridized carbons (Fsp3) is 0.364. The average Bonchev–Trinajstić information content (AvgIpc) is 2.75. The molecular weight excluding hydrogens is 388 g/mol. The van der Waals surface area contributed by atoms with Crippen molar-refractivity contribution in [3.05, 3.63) is 48.0 Å². The highest BCUT2D eigenvalue weighted by Gasteiger charge is 2.33. The topological polar surface area (TPSA) is 67.9 Å². The molecule has 1 N–H and O–H groups in total. The van der Waals surface area contributed by atoms with Crippen molar-refractivity contribution in [3.8, 4) is 11.5 Å². The molecule has 2 amide bonds. The van der Waals surface area contributed by atoms with Crippen LogP contribution in [0.25, 0.3) is 0 Å². The second-order valence-electron chi connectivity index (χ2n) is 6.70. The normalized spacial score (nSPS) is 15.6. The van der Waals surface area contributed by atoms with E-state index >= 15 is 0 Å². The van der Waals surface area contributed by atoms with E-state index < -0.39 is 0 Å². The van der Waals surface area contributed by atoms with Crippen molar-refractivity contribution in [3.63, 3.8) is 0 Å². The largest absolute Gasteiger partial charge is 0.493 e. The van der Waals surface area contributed by atoms with Gasteiger partial charge in [0.25, 0.3) is 0 Å². The number of hydrogen-bond donors (Lipinski definition) is 1. The van der Waals surface area contributed by atoms with Gasteiger partial charge in [-0.2, -0.15) is 0 Å². The summed E-state index contributed by atoms with van der Waals surface area (Å²) in [5.74, 6) is 1.16. The first kappa shape index (κ1) is 21.0. The molecule has 2 aromatic carbocycles. The summed E-state index contributed by atoms with van der Waals surface area (Å²) in [6.07, 6.45) is 1.39. The molecule has 6 nitrogen and oxygen atoms in total. The van der Waals surface area contributed by atoms with Crippen molar-refractivity contribution >= 4 is 29.3 Å². The van der Waals surface area contributed by atoms with Gasteiger partial charge in [-0.15, -0.1) is 11.8 Å². The first-order chi connectivity index (χ1) is 14.1. The van der Waals surface area contributed by atoms with Crippen molar-refractivity contribution < 1.29 is 19.1 Å². The van der Waals surface area contributed by atoms with E-state index in [0.717, 1.165) is 22.6 Å². The summed E-state index contributed by atoms with van der Waals surface area (Å²) in [4.78, 5) is 27.9. The molecule has 0 radical (unpaired) electrons. The third-order valence-corrected chi connectivity index (χ3v) is 6.24. The zero-order valence-corrected chi connectivity index (χ0v) is 17.8. The van der Waals surface area contributed by atoms with Crippen molar-refractivity contribution in [2.24, 2.45) is 0 Å². The van der Waals surface area contributed by atoms with E-state index in [1.54, 1.807) is 30.9 Å². The number of amides is 2. The second-order valence-corrected chi connectivity index (χ2v) is 7.94. The lowest BCUT2D eigenvalue weighted by molar-refractivity contribution is -0.123. The number of ether oxygens (including phenoxy) is 2. The lowest BCUT2D eigenvalue weighted by atomic mass is 10.1. The minimum Gasteiger partial charge on any atom is -0.493 e. The molecule has 0 saturated heterocycles. The standard InChI is InChI=1S/C22H26N2O4S/c1-4-19-22(26)24(16-7-5-6-8-20(16)29-19)14-21(25)23-12-11-15-9-10-17(27-2)18(13-15)28-3/h5-10,13,19H,4,11-12,14H2,1-3H3,(H,23,25). The average molecular weight is 415 g/mol. The molecule has 7 heteroatoms. The Labute approximate surface area is 175 Å². The number of carbonyl (C=O) groups excluding carboxylic acids is 2. The first-order valence-corrected chi connectivity index (χ1v) is 10.5. The van der Waals surface area contributed by atoms with Crippen LogP contribution in [0.1, 0.15) is 18.9 Å². The molecule has 0 bridgehead atoms. The number of methoxy groups -OCH3 is 2. The Morgan fingerprint density at radius 3 is 2.62 bits per heavy atom. The summed E-state index contributed by atoms with van der Waals surface area (Å²) in [6.45, 7) is 2.49. The van der Waals surface area contributed by atoms with Crippen LogP contribution < -0.4 is 19.7 Å². The van der Waals surface area contributed by atoms with Crippen molar-refractivity contribution in [1.29, 1.82) is 0 Å². The molecule has 2 aromatic rings. The van der Waals surface area contributed by atoms with E-state index in [-0.39, 0.29) is 23.6 Å².